The van der Waals surface area contributed by atoms with E-state index in [0.29, 0.717) is 25.0 Å². The highest BCUT2D eigenvalue weighted by atomic mass is 16.7. The van der Waals surface area contributed by atoms with Crippen LogP contribution in [0.3, 0.4) is 0 Å². The van der Waals surface area contributed by atoms with Crippen molar-refractivity contribution in [1.82, 2.24) is 9.97 Å². The Kier molecular flexibility index (Phi) is 5.74. The fraction of sp³-hybridized carbons (Fsp3) is 0.565. The van der Waals surface area contributed by atoms with Crippen LogP contribution in [0.4, 0.5) is 17.3 Å². The Labute approximate surface area is 173 Å². The maximum absolute atomic E-state index is 5.85. The topological polar surface area (TPSA) is 59.5 Å². The molecule has 156 valence electrons. The van der Waals surface area contributed by atoms with Gasteiger partial charge in [-0.15, -0.1) is 0 Å². The number of anilines is 3. The molecule has 4 rings (SSSR count). The summed E-state index contributed by atoms with van der Waals surface area (Å²) in [6, 6.07) is 8.60. The highest BCUT2D eigenvalue weighted by Gasteiger charge is 2.40. The second-order valence-electron chi connectivity index (χ2n) is 8.60. The molecule has 2 aliphatic rings. The van der Waals surface area contributed by atoms with Gasteiger partial charge in [0.1, 0.15) is 18.0 Å². The highest BCUT2D eigenvalue weighted by Crippen LogP contribution is 2.36. The second kappa shape index (κ2) is 8.28. The molecule has 0 saturated carbocycles. The number of nitrogens with one attached hydrogen (secondary N) is 1. The number of para-hydroxylation sites is 1. The van der Waals surface area contributed by atoms with E-state index in [1.165, 1.54) is 16.8 Å². The van der Waals surface area contributed by atoms with Crippen LogP contribution >= 0.6 is 0 Å². The molecule has 2 aromatic rings. The molecule has 6 nitrogen and oxygen atoms in total. The third-order valence-corrected chi connectivity index (χ3v) is 5.94. The molecule has 3 heterocycles. The molecule has 0 radical (unpaired) electrons. The van der Waals surface area contributed by atoms with Crippen molar-refractivity contribution in [3.05, 3.63) is 41.7 Å². The zero-order chi connectivity index (χ0) is 20.4. The van der Waals surface area contributed by atoms with Crippen LogP contribution in [0.15, 0.2) is 30.6 Å². The van der Waals surface area contributed by atoms with E-state index in [1.807, 2.05) is 0 Å². The molecule has 1 aromatic carbocycles. The molecule has 2 saturated heterocycles. The summed E-state index contributed by atoms with van der Waals surface area (Å²) in [5.41, 5.74) is 3.80. The lowest BCUT2D eigenvalue weighted by atomic mass is 9.92. The average Bonchev–Trinajstić information content (AvgIpc) is 3.16. The summed E-state index contributed by atoms with van der Waals surface area (Å²) in [5.74, 6) is 2.28. The largest absolute Gasteiger partial charge is 0.356 e. The van der Waals surface area contributed by atoms with E-state index in [0.717, 1.165) is 37.6 Å². The van der Waals surface area contributed by atoms with Crippen molar-refractivity contribution in [3.63, 3.8) is 0 Å². The summed E-state index contributed by atoms with van der Waals surface area (Å²) >= 11 is 0. The standard InChI is InChI=1S/C23H32N4O2/c1-16(2)18-6-5-7-19(17(3)4)22(18)26-20-14-21(25-15-24-20)27-10-8-23(9-11-27)28-12-13-29-23/h5-7,14-17H,8-13H2,1-4H3,(H,24,25,26). The van der Waals surface area contributed by atoms with Crippen LogP contribution in [0.5, 0.6) is 0 Å². The first-order valence-electron chi connectivity index (χ1n) is 10.7. The number of hydrogen-bond acceptors (Lipinski definition) is 6. The van der Waals surface area contributed by atoms with Crippen LogP contribution in [0, 0.1) is 0 Å². The summed E-state index contributed by atoms with van der Waals surface area (Å²) in [6.07, 6.45) is 3.39. The van der Waals surface area contributed by atoms with Crippen molar-refractivity contribution in [2.45, 2.75) is 58.2 Å². The first-order chi connectivity index (χ1) is 14.0. The molecule has 1 aromatic heterocycles. The van der Waals surface area contributed by atoms with Gasteiger partial charge in [-0.2, -0.15) is 0 Å². The molecular formula is C23H32N4O2. The molecular weight excluding hydrogens is 364 g/mol. The Morgan fingerprint density at radius 1 is 0.966 bits per heavy atom. The number of rotatable bonds is 5. The molecule has 2 aliphatic heterocycles. The number of benzene rings is 1. The lowest BCUT2D eigenvalue weighted by Gasteiger charge is -2.38. The molecule has 0 bridgehead atoms. The minimum absolute atomic E-state index is 0.368. The predicted molar refractivity (Wildman–Crippen MR) is 116 cm³/mol. The van der Waals surface area contributed by atoms with Gasteiger partial charge in [0.25, 0.3) is 0 Å². The monoisotopic (exact) mass is 396 g/mol. The third-order valence-electron chi connectivity index (χ3n) is 5.94. The van der Waals surface area contributed by atoms with E-state index in [2.05, 4.69) is 72.1 Å². The molecule has 6 heteroatoms. The second-order valence-corrected chi connectivity index (χ2v) is 8.60. The van der Waals surface area contributed by atoms with E-state index in [1.54, 1.807) is 6.33 Å². The van der Waals surface area contributed by atoms with E-state index in [4.69, 9.17) is 9.47 Å². The summed E-state index contributed by atoms with van der Waals surface area (Å²) in [4.78, 5) is 11.3. The van der Waals surface area contributed by atoms with Crippen LogP contribution in [-0.4, -0.2) is 42.1 Å². The minimum Gasteiger partial charge on any atom is -0.356 e. The van der Waals surface area contributed by atoms with Crippen LogP contribution in [0.2, 0.25) is 0 Å². The lowest BCUT2D eigenvalue weighted by Crippen LogP contribution is -2.45. The van der Waals surface area contributed by atoms with Gasteiger partial charge in [-0.05, 0) is 23.0 Å². The molecule has 0 atom stereocenters. The van der Waals surface area contributed by atoms with Crippen molar-refractivity contribution >= 4 is 17.3 Å². The first-order valence-corrected chi connectivity index (χ1v) is 10.7. The fourth-order valence-electron chi connectivity index (χ4n) is 4.27. The molecule has 0 amide bonds. The quantitative estimate of drug-likeness (QED) is 0.783. The average molecular weight is 397 g/mol. The fourth-order valence-corrected chi connectivity index (χ4v) is 4.27. The molecule has 0 aliphatic carbocycles. The number of nitrogens with zero attached hydrogens (tertiary/aromatic N) is 3. The summed E-state index contributed by atoms with van der Waals surface area (Å²) in [5, 5.41) is 3.60. The number of hydrogen-bond donors (Lipinski definition) is 1. The third kappa shape index (κ3) is 4.23. The summed E-state index contributed by atoms with van der Waals surface area (Å²) in [6.45, 7) is 12.1. The normalized spacial score (nSPS) is 18.8. The van der Waals surface area contributed by atoms with Crippen LogP contribution in [-0.2, 0) is 9.47 Å². The van der Waals surface area contributed by atoms with Crippen molar-refractivity contribution in [3.8, 4) is 0 Å². The van der Waals surface area contributed by atoms with Crippen molar-refractivity contribution in [2.24, 2.45) is 0 Å². The van der Waals surface area contributed by atoms with Gasteiger partial charge in [0, 0.05) is 37.7 Å². The number of ether oxygens (including phenoxy) is 2. The van der Waals surface area contributed by atoms with Crippen molar-refractivity contribution < 1.29 is 9.47 Å². The Hall–Kier alpha value is -2.18. The number of aromatic nitrogens is 2. The molecule has 0 unspecified atom stereocenters. The first kappa shape index (κ1) is 20.1. The molecule has 1 N–H and O–H groups in total. The SMILES string of the molecule is CC(C)c1cccc(C(C)C)c1Nc1cc(N2CCC3(CC2)OCCO3)ncn1. The Morgan fingerprint density at radius 3 is 2.17 bits per heavy atom. The Morgan fingerprint density at radius 2 is 1.59 bits per heavy atom. The Balaban J connectivity index is 1.55. The van der Waals surface area contributed by atoms with Crippen LogP contribution < -0.4 is 10.2 Å². The van der Waals surface area contributed by atoms with Gasteiger partial charge in [-0.1, -0.05) is 45.9 Å². The maximum atomic E-state index is 5.85. The van der Waals surface area contributed by atoms with Crippen LogP contribution in [0.25, 0.3) is 0 Å². The van der Waals surface area contributed by atoms with Gasteiger partial charge >= 0.3 is 0 Å². The van der Waals surface area contributed by atoms with E-state index < -0.39 is 0 Å². The van der Waals surface area contributed by atoms with E-state index >= 15 is 0 Å². The van der Waals surface area contributed by atoms with E-state index in [-0.39, 0.29) is 5.79 Å². The highest BCUT2D eigenvalue weighted by molar-refractivity contribution is 5.68. The molecule has 1 spiro atoms. The van der Waals surface area contributed by atoms with E-state index in [9.17, 15) is 0 Å². The summed E-state index contributed by atoms with van der Waals surface area (Å²) in [7, 11) is 0. The smallest absolute Gasteiger partial charge is 0.171 e. The minimum atomic E-state index is -0.368. The lowest BCUT2D eigenvalue weighted by molar-refractivity contribution is -0.169. The Bertz CT molecular complexity index is 810. The van der Waals surface area contributed by atoms with Gasteiger partial charge in [0.05, 0.1) is 13.2 Å². The van der Waals surface area contributed by atoms with Gasteiger partial charge < -0.3 is 19.7 Å². The zero-order valence-electron chi connectivity index (χ0n) is 17.9. The summed E-state index contributed by atoms with van der Waals surface area (Å²) < 4.78 is 11.7. The maximum Gasteiger partial charge on any atom is 0.171 e. The van der Waals surface area contributed by atoms with Gasteiger partial charge in [0.2, 0.25) is 0 Å². The van der Waals surface area contributed by atoms with Crippen molar-refractivity contribution in [1.29, 1.82) is 0 Å². The zero-order valence-corrected chi connectivity index (χ0v) is 17.9. The van der Waals surface area contributed by atoms with Gasteiger partial charge in [-0.25, -0.2) is 9.97 Å². The molecule has 2 fully saturated rings. The van der Waals surface area contributed by atoms with Crippen LogP contribution in [0.1, 0.15) is 63.5 Å². The van der Waals surface area contributed by atoms with Gasteiger partial charge in [-0.3, -0.25) is 0 Å². The van der Waals surface area contributed by atoms with Gasteiger partial charge in [0.15, 0.2) is 5.79 Å². The number of piperidine rings is 1. The predicted octanol–water partition coefficient (Wildman–Crippen LogP) is 4.81. The molecule has 29 heavy (non-hydrogen) atoms. The van der Waals surface area contributed by atoms with Crippen molar-refractivity contribution in [2.75, 3.05) is 36.5 Å².